The van der Waals surface area contributed by atoms with Crippen LogP contribution in [-0.2, 0) is 6.42 Å². The Hall–Kier alpha value is -1.43. The van der Waals surface area contributed by atoms with Gasteiger partial charge in [-0.15, -0.1) is 0 Å². The Kier molecular flexibility index (Phi) is 6.24. The second-order valence-electron chi connectivity index (χ2n) is 5.94. The van der Waals surface area contributed by atoms with Crippen LogP contribution in [0.2, 0.25) is 0 Å². The number of nitrogens with zero attached hydrogens (tertiary/aromatic N) is 2. The Bertz CT molecular complexity index is 644. The van der Waals surface area contributed by atoms with E-state index in [1.165, 1.54) is 5.56 Å². The molecule has 0 bridgehead atoms. The summed E-state index contributed by atoms with van der Waals surface area (Å²) in [5.41, 5.74) is 2.35. The van der Waals surface area contributed by atoms with Crippen molar-refractivity contribution in [1.82, 2.24) is 15.2 Å². The Labute approximate surface area is 152 Å². The lowest BCUT2D eigenvalue weighted by Gasteiger charge is -2.36. The summed E-state index contributed by atoms with van der Waals surface area (Å²) in [7, 11) is 0. The van der Waals surface area contributed by atoms with Crippen molar-refractivity contribution >= 4 is 15.9 Å². The molecule has 2 heterocycles. The van der Waals surface area contributed by atoms with Gasteiger partial charge in [0.15, 0.2) is 0 Å². The zero-order chi connectivity index (χ0) is 16.8. The Morgan fingerprint density at radius 2 is 2.08 bits per heavy atom. The third-order valence-electron chi connectivity index (χ3n) is 4.35. The largest absolute Gasteiger partial charge is 0.494 e. The fourth-order valence-electron chi connectivity index (χ4n) is 3.21. The Morgan fingerprint density at radius 1 is 1.25 bits per heavy atom. The first-order valence-corrected chi connectivity index (χ1v) is 9.34. The molecular formula is C19H24BrN3O. The molecule has 24 heavy (non-hydrogen) atoms. The quantitative estimate of drug-likeness (QED) is 0.820. The summed E-state index contributed by atoms with van der Waals surface area (Å²) in [6.07, 6.45) is 2.76. The Morgan fingerprint density at radius 3 is 2.79 bits per heavy atom. The highest BCUT2D eigenvalue weighted by atomic mass is 79.9. The molecule has 1 fully saturated rings. The van der Waals surface area contributed by atoms with Gasteiger partial charge in [-0.3, -0.25) is 9.88 Å². The highest BCUT2D eigenvalue weighted by Gasteiger charge is 2.26. The summed E-state index contributed by atoms with van der Waals surface area (Å²) < 4.78 is 7.00. The molecule has 1 unspecified atom stereocenters. The van der Waals surface area contributed by atoms with Crippen molar-refractivity contribution in [2.24, 2.45) is 0 Å². The van der Waals surface area contributed by atoms with Gasteiger partial charge in [-0.1, -0.05) is 22.0 Å². The van der Waals surface area contributed by atoms with Crippen LogP contribution in [0.4, 0.5) is 0 Å². The predicted octanol–water partition coefficient (Wildman–Crippen LogP) is 3.43. The maximum atomic E-state index is 5.92. The first kappa shape index (κ1) is 17.4. The van der Waals surface area contributed by atoms with Gasteiger partial charge in [0.05, 0.1) is 6.61 Å². The van der Waals surface area contributed by atoms with Gasteiger partial charge in [0, 0.05) is 60.6 Å². The maximum absolute atomic E-state index is 5.92. The minimum atomic E-state index is 0.265. The van der Waals surface area contributed by atoms with E-state index >= 15 is 0 Å². The number of aromatic nitrogens is 1. The lowest BCUT2D eigenvalue weighted by atomic mass is 9.98. The van der Waals surface area contributed by atoms with Crippen LogP contribution in [0.5, 0.6) is 5.75 Å². The number of halogens is 1. The van der Waals surface area contributed by atoms with E-state index in [0.29, 0.717) is 6.61 Å². The van der Waals surface area contributed by atoms with Crippen molar-refractivity contribution in [3.05, 3.63) is 58.3 Å². The highest BCUT2D eigenvalue weighted by molar-refractivity contribution is 9.10. The normalized spacial score (nSPS) is 16.8. The summed E-state index contributed by atoms with van der Waals surface area (Å²) in [5.74, 6) is 0.972. The molecule has 3 rings (SSSR count). The number of benzene rings is 1. The number of hydrogen-bond acceptors (Lipinski definition) is 4. The summed E-state index contributed by atoms with van der Waals surface area (Å²) in [5, 5.41) is 3.44. The van der Waals surface area contributed by atoms with E-state index in [-0.39, 0.29) is 6.04 Å². The van der Waals surface area contributed by atoms with Gasteiger partial charge in [0.1, 0.15) is 5.75 Å². The molecule has 2 aromatic rings. The minimum Gasteiger partial charge on any atom is -0.494 e. The fraction of sp³-hybridized carbons (Fsp3) is 0.421. The van der Waals surface area contributed by atoms with E-state index in [2.05, 4.69) is 55.4 Å². The third-order valence-corrected chi connectivity index (χ3v) is 4.84. The zero-order valence-corrected chi connectivity index (χ0v) is 15.6. The van der Waals surface area contributed by atoms with Crippen molar-refractivity contribution in [1.29, 1.82) is 0 Å². The first-order chi connectivity index (χ1) is 11.8. The molecule has 1 aliphatic rings. The highest BCUT2D eigenvalue weighted by Crippen LogP contribution is 2.34. The van der Waals surface area contributed by atoms with Crippen LogP contribution in [0.3, 0.4) is 0 Å². The number of nitrogens with one attached hydrogen (secondary N) is 1. The molecule has 1 atom stereocenters. The van der Waals surface area contributed by atoms with Crippen molar-refractivity contribution in [3.63, 3.8) is 0 Å². The minimum absolute atomic E-state index is 0.265. The molecule has 0 spiro atoms. The van der Waals surface area contributed by atoms with Crippen LogP contribution in [0, 0.1) is 0 Å². The van der Waals surface area contributed by atoms with Crippen LogP contribution >= 0.6 is 15.9 Å². The molecule has 1 aromatic carbocycles. The third kappa shape index (κ3) is 4.35. The average Bonchev–Trinajstić information content (AvgIpc) is 2.63. The molecule has 1 saturated heterocycles. The van der Waals surface area contributed by atoms with Crippen molar-refractivity contribution in [3.8, 4) is 5.75 Å². The van der Waals surface area contributed by atoms with Crippen LogP contribution < -0.4 is 10.1 Å². The van der Waals surface area contributed by atoms with E-state index in [1.54, 1.807) is 0 Å². The van der Waals surface area contributed by atoms with Crippen LogP contribution in [0.15, 0.2) is 47.1 Å². The summed E-state index contributed by atoms with van der Waals surface area (Å²) >= 11 is 3.62. The molecule has 0 aliphatic carbocycles. The molecule has 0 radical (unpaired) electrons. The molecule has 0 amide bonds. The standard InChI is InChI=1S/C19H24BrN3O/c1-2-24-19-7-6-15(20)13-17(19)18(23-11-9-21-10-12-23)14-16-5-3-4-8-22-16/h3-8,13,18,21H,2,9-12,14H2,1H3. The average molecular weight is 390 g/mol. The summed E-state index contributed by atoms with van der Waals surface area (Å²) in [6, 6.07) is 12.7. The van der Waals surface area contributed by atoms with E-state index < -0.39 is 0 Å². The van der Waals surface area contributed by atoms with E-state index in [9.17, 15) is 0 Å². The van der Waals surface area contributed by atoms with Crippen LogP contribution in [0.1, 0.15) is 24.2 Å². The fourth-order valence-corrected chi connectivity index (χ4v) is 3.59. The lowest BCUT2D eigenvalue weighted by Crippen LogP contribution is -2.45. The van der Waals surface area contributed by atoms with Gasteiger partial charge in [-0.05, 0) is 37.3 Å². The maximum Gasteiger partial charge on any atom is 0.124 e. The summed E-state index contributed by atoms with van der Waals surface area (Å²) in [6.45, 7) is 6.83. The first-order valence-electron chi connectivity index (χ1n) is 8.55. The van der Waals surface area contributed by atoms with Crippen molar-refractivity contribution < 1.29 is 4.74 Å². The monoisotopic (exact) mass is 389 g/mol. The van der Waals surface area contributed by atoms with E-state index in [0.717, 1.165) is 48.5 Å². The van der Waals surface area contributed by atoms with Crippen LogP contribution in [0.25, 0.3) is 0 Å². The molecular weight excluding hydrogens is 366 g/mol. The number of pyridine rings is 1. The molecule has 4 nitrogen and oxygen atoms in total. The number of ether oxygens (including phenoxy) is 1. The van der Waals surface area contributed by atoms with E-state index in [4.69, 9.17) is 4.74 Å². The van der Waals surface area contributed by atoms with Gasteiger partial charge in [0.25, 0.3) is 0 Å². The second-order valence-corrected chi connectivity index (χ2v) is 6.86. The molecule has 128 valence electrons. The van der Waals surface area contributed by atoms with Crippen molar-refractivity contribution in [2.45, 2.75) is 19.4 Å². The SMILES string of the molecule is CCOc1ccc(Br)cc1C(Cc1ccccn1)N1CCNCC1. The van der Waals surface area contributed by atoms with Gasteiger partial charge in [-0.25, -0.2) is 0 Å². The smallest absolute Gasteiger partial charge is 0.124 e. The number of rotatable bonds is 6. The molecule has 1 aliphatic heterocycles. The van der Waals surface area contributed by atoms with Crippen molar-refractivity contribution in [2.75, 3.05) is 32.8 Å². The molecule has 0 saturated carbocycles. The molecule has 5 heteroatoms. The van der Waals surface area contributed by atoms with Gasteiger partial charge in [-0.2, -0.15) is 0 Å². The zero-order valence-electron chi connectivity index (χ0n) is 14.0. The van der Waals surface area contributed by atoms with Gasteiger partial charge < -0.3 is 10.1 Å². The number of piperazine rings is 1. The summed E-state index contributed by atoms with van der Waals surface area (Å²) in [4.78, 5) is 7.08. The predicted molar refractivity (Wildman–Crippen MR) is 100 cm³/mol. The van der Waals surface area contributed by atoms with Gasteiger partial charge >= 0.3 is 0 Å². The Balaban J connectivity index is 1.95. The molecule has 1 N–H and O–H groups in total. The lowest BCUT2D eigenvalue weighted by molar-refractivity contribution is 0.167. The van der Waals surface area contributed by atoms with E-state index in [1.807, 2.05) is 25.3 Å². The van der Waals surface area contributed by atoms with Crippen LogP contribution in [-0.4, -0.2) is 42.7 Å². The molecule has 1 aromatic heterocycles. The topological polar surface area (TPSA) is 37.4 Å². The van der Waals surface area contributed by atoms with Gasteiger partial charge in [0.2, 0.25) is 0 Å². The second kappa shape index (κ2) is 8.60. The number of hydrogen-bond donors (Lipinski definition) is 1.